The standard InChI is InChI=1S/C28H29N3O5/c1-19-15-24(20(2)31(19)17-21-7-4-3-5-8-21)25(32)18-36-27(34)16-29-28(35)22-10-12-23(13-11-22)30-14-6-9-26(30)33/h3-5,7-8,10-13,15H,6,9,14,16-18H2,1-2H3,(H,29,35). The smallest absolute Gasteiger partial charge is 0.325 e. The van der Waals surface area contributed by atoms with E-state index in [0.29, 0.717) is 30.6 Å². The van der Waals surface area contributed by atoms with Crippen LogP contribution in [0.25, 0.3) is 0 Å². The van der Waals surface area contributed by atoms with Crippen molar-refractivity contribution in [2.24, 2.45) is 0 Å². The van der Waals surface area contributed by atoms with Crippen LogP contribution in [0.4, 0.5) is 5.69 Å². The Morgan fingerprint density at radius 3 is 2.39 bits per heavy atom. The van der Waals surface area contributed by atoms with E-state index >= 15 is 0 Å². The molecule has 1 aliphatic rings. The van der Waals surface area contributed by atoms with E-state index in [1.165, 1.54) is 0 Å². The molecule has 0 bridgehead atoms. The summed E-state index contributed by atoms with van der Waals surface area (Å²) in [4.78, 5) is 50.8. The van der Waals surface area contributed by atoms with Crippen molar-refractivity contribution < 1.29 is 23.9 Å². The van der Waals surface area contributed by atoms with Gasteiger partial charge in [-0.1, -0.05) is 30.3 Å². The molecule has 1 aromatic heterocycles. The number of esters is 1. The number of ether oxygens (including phenoxy) is 1. The number of hydrogen-bond acceptors (Lipinski definition) is 5. The second-order valence-electron chi connectivity index (χ2n) is 8.82. The SMILES string of the molecule is Cc1cc(C(=O)COC(=O)CNC(=O)c2ccc(N3CCCC3=O)cc2)c(C)n1Cc1ccccc1. The predicted molar refractivity (Wildman–Crippen MR) is 135 cm³/mol. The summed E-state index contributed by atoms with van der Waals surface area (Å²) in [6.07, 6.45) is 1.36. The van der Waals surface area contributed by atoms with Gasteiger partial charge in [0.1, 0.15) is 6.54 Å². The first-order valence-electron chi connectivity index (χ1n) is 11.9. The number of benzene rings is 2. The van der Waals surface area contributed by atoms with Gasteiger partial charge in [0, 0.05) is 47.7 Å². The molecule has 1 fully saturated rings. The Kier molecular flexibility index (Phi) is 7.63. The monoisotopic (exact) mass is 487 g/mol. The summed E-state index contributed by atoms with van der Waals surface area (Å²) >= 11 is 0. The molecule has 2 aromatic carbocycles. The molecule has 1 N–H and O–H groups in total. The van der Waals surface area contributed by atoms with Gasteiger partial charge in [0.25, 0.3) is 5.91 Å². The third-order valence-electron chi connectivity index (χ3n) is 6.33. The fourth-order valence-corrected chi connectivity index (χ4v) is 4.34. The van der Waals surface area contributed by atoms with Crippen LogP contribution in [0.5, 0.6) is 0 Å². The molecule has 0 saturated carbocycles. The van der Waals surface area contributed by atoms with E-state index in [4.69, 9.17) is 4.74 Å². The molecule has 2 heterocycles. The Morgan fingerprint density at radius 2 is 1.72 bits per heavy atom. The van der Waals surface area contributed by atoms with Gasteiger partial charge in [-0.15, -0.1) is 0 Å². The van der Waals surface area contributed by atoms with E-state index < -0.39 is 18.5 Å². The van der Waals surface area contributed by atoms with Gasteiger partial charge in [-0.05, 0) is 56.2 Å². The maximum atomic E-state index is 12.7. The average molecular weight is 488 g/mol. The summed E-state index contributed by atoms with van der Waals surface area (Å²) in [5.74, 6) is -1.37. The van der Waals surface area contributed by atoms with Gasteiger partial charge in [-0.3, -0.25) is 19.2 Å². The summed E-state index contributed by atoms with van der Waals surface area (Å²) in [5, 5.41) is 2.50. The zero-order chi connectivity index (χ0) is 25.7. The highest BCUT2D eigenvalue weighted by atomic mass is 16.5. The second-order valence-corrected chi connectivity index (χ2v) is 8.82. The number of aryl methyl sites for hydroxylation is 1. The van der Waals surface area contributed by atoms with Gasteiger partial charge >= 0.3 is 5.97 Å². The molecule has 0 spiro atoms. The Morgan fingerprint density at radius 1 is 1.00 bits per heavy atom. The molecule has 8 nitrogen and oxygen atoms in total. The van der Waals surface area contributed by atoms with Crippen LogP contribution in [0.3, 0.4) is 0 Å². The molecule has 0 radical (unpaired) electrons. The summed E-state index contributed by atoms with van der Waals surface area (Å²) in [5.41, 5.74) is 4.50. The van der Waals surface area contributed by atoms with Crippen LogP contribution in [-0.4, -0.2) is 47.8 Å². The second kappa shape index (κ2) is 11.0. The van der Waals surface area contributed by atoms with Crippen molar-refractivity contribution in [2.45, 2.75) is 33.2 Å². The quantitative estimate of drug-likeness (QED) is 0.368. The first kappa shape index (κ1) is 24.9. The topological polar surface area (TPSA) is 97.7 Å². The highest BCUT2D eigenvalue weighted by molar-refractivity contribution is 6.00. The van der Waals surface area contributed by atoms with Crippen LogP contribution in [-0.2, 0) is 20.9 Å². The molecule has 0 unspecified atom stereocenters. The normalized spacial score (nSPS) is 13.1. The molecule has 4 rings (SSSR count). The number of amides is 2. The van der Waals surface area contributed by atoms with Crippen molar-refractivity contribution in [3.8, 4) is 0 Å². The summed E-state index contributed by atoms with van der Waals surface area (Å²) in [7, 11) is 0. The minimum absolute atomic E-state index is 0.0719. The van der Waals surface area contributed by atoms with Crippen LogP contribution < -0.4 is 10.2 Å². The maximum absolute atomic E-state index is 12.7. The number of carbonyl (C=O) groups is 4. The van der Waals surface area contributed by atoms with Crippen molar-refractivity contribution in [1.82, 2.24) is 9.88 Å². The Bertz CT molecular complexity index is 1280. The molecule has 0 atom stereocenters. The molecule has 36 heavy (non-hydrogen) atoms. The van der Waals surface area contributed by atoms with Crippen LogP contribution in [0.15, 0.2) is 60.7 Å². The zero-order valence-electron chi connectivity index (χ0n) is 20.5. The van der Waals surface area contributed by atoms with Crippen LogP contribution in [0.2, 0.25) is 0 Å². The molecule has 1 aliphatic heterocycles. The highest BCUT2D eigenvalue weighted by Gasteiger charge is 2.22. The third kappa shape index (κ3) is 5.71. The molecule has 8 heteroatoms. The summed E-state index contributed by atoms with van der Waals surface area (Å²) in [6, 6.07) is 18.4. The van der Waals surface area contributed by atoms with Crippen molar-refractivity contribution in [2.75, 3.05) is 24.6 Å². The van der Waals surface area contributed by atoms with Crippen LogP contribution >= 0.6 is 0 Å². The number of Topliss-reactive ketones (excluding diaryl/α,β-unsaturated/α-hetero) is 1. The Hall–Kier alpha value is -4.20. The van der Waals surface area contributed by atoms with Gasteiger partial charge < -0.3 is 19.5 Å². The minimum Gasteiger partial charge on any atom is -0.456 e. The minimum atomic E-state index is -0.700. The van der Waals surface area contributed by atoms with Crippen molar-refractivity contribution in [1.29, 1.82) is 0 Å². The lowest BCUT2D eigenvalue weighted by Crippen LogP contribution is -2.31. The highest BCUT2D eigenvalue weighted by Crippen LogP contribution is 2.21. The lowest BCUT2D eigenvalue weighted by molar-refractivity contribution is -0.141. The third-order valence-corrected chi connectivity index (χ3v) is 6.33. The van der Waals surface area contributed by atoms with E-state index in [1.54, 1.807) is 35.2 Å². The molecule has 0 aliphatic carbocycles. The summed E-state index contributed by atoms with van der Waals surface area (Å²) in [6.45, 7) is 4.37. The fourth-order valence-electron chi connectivity index (χ4n) is 4.34. The Labute approximate surface area is 209 Å². The number of carbonyl (C=O) groups excluding carboxylic acids is 4. The van der Waals surface area contributed by atoms with Gasteiger partial charge in [0.2, 0.25) is 11.7 Å². The zero-order valence-corrected chi connectivity index (χ0v) is 20.5. The number of nitrogens with one attached hydrogen (secondary N) is 1. The number of rotatable bonds is 9. The van der Waals surface area contributed by atoms with Crippen molar-refractivity contribution in [3.63, 3.8) is 0 Å². The largest absolute Gasteiger partial charge is 0.456 e. The van der Waals surface area contributed by atoms with Crippen molar-refractivity contribution in [3.05, 3.63) is 88.7 Å². The lowest BCUT2D eigenvalue weighted by Gasteiger charge is -2.15. The number of aromatic nitrogens is 1. The van der Waals surface area contributed by atoms with Crippen LogP contribution in [0.1, 0.15) is 50.5 Å². The number of anilines is 1. The number of nitrogens with zero attached hydrogens (tertiary/aromatic N) is 2. The fraction of sp³-hybridized carbons (Fsp3) is 0.286. The molecular weight excluding hydrogens is 458 g/mol. The molecular formula is C28H29N3O5. The Balaban J connectivity index is 1.26. The molecule has 186 valence electrons. The number of hydrogen-bond donors (Lipinski definition) is 1. The number of ketones is 1. The molecule has 3 aromatic rings. The first-order chi connectivity index (χ1) is 17.3. The predicted octanol–water partition coefficient (Wildman–Crippen LogP) is 3.44. The van der Waals surface area contributed by atoms with Crippen LogP contribution in [0, 0.1) is 13.8 Å². The van der Waals surface area contributed by atoms with Crippen molar-refractivity contribution >= 4 is 29.3 Å². The maximum Gasteiger partial charge on any atom is 0.325 e. The van der Waals surface area contributed by atoms with E-state index in [9.17, 15) is 19.2 Å². The summed E-state index contributed by atoms with van der Waals surface area (Å²) < 4.78 is 7.16. The van der Waals surface area contributed by atoms with E-state index in [1.807, 2.05) is 44.2 Å². The van der Waals surface area contributed by atoms with E-state index in [2.05, 4.69) is 9.88 Å². The van der Waals surface area contributed by atoms with Gasteiger partial charge in [0.15, 0.2) is 6.61 Å². The van der Waals surface area contributed by atoms with Gasteiger partial charge in [-0.2, -0.15) is 0 Å². The van der Waals surface area contributed by atoms with E-state index in [-0.39, 0.29) is 18.2 Å². The first-order valence-corrected chi connectivity index (χ1v) is 11.9. The lowest BCUT2D eigenvalue weighted by atomic mass is 10.1. The molecule has 1 saturated heterocycles. The van der Waals surface area contributed by atoms with Gasteiger partial charge in [-0.25, -0.2) is 0 Å². The van der Waals surface area contributed by atoms with Gasteiger partial charge in [0.05, 0.1) is 0 Å². The average Bonchev–Trinajstić information content (AvgIpc) is 3.44. The molecule has 2 amide bonds. The van der Waals surface area contributed by atoms with E-state index in [0.717, 1.165) is 29.1 Å².